The zero-order valence-electron chi connectivity index (χ0n) is 19.3. The molecule has 0 bridgehead atoms. The number of amides is 5. The number of hydrogen-bond acceptors (Lipinski definition) is 4. The maximum atomic E-state index is 13.0. The highest BCUT2D eigenvalue weighted by Crippen LogP contribution is 2.24. The third kappa shape index (κ3) is 5.55. The van der Waals surface area contributed by atoms with Crippen LogP contribution in [0.15, 0.2) is 84.9 Å². The molecule has 3 N–H and O–H groups in total. The minimum atomic E-state index is -1.10. The van der Waals surface area contributed by atoms with Gasteiger partial charge in [-0.05, 0) is 49.6 Å². The third-order valence-electron chi connectivity index (χ3n) is 5.88. The summed E-state index contributed by atoms with van der Waals surface area (Å²) in [6.45, 7) is 1.21. The van der Waals surface area contributed by atoms with Crippen LogP contribution in [0.3, 0.4) is 0 Å². The Labute approximate surface area is 203 Å². The molecule has 1 fully saturated rings. The molecule has 0 radical (unpaired) electrons. The Bertz CT molecular complexity index is 1250. The van der Waals surface area contributed by atoms with Crippen molar-refractivity contribution in [3.05, 3.63) is 96.1 Å². The second kappa shape index (κ2) is 10.2. The van der Waals surface area contributed by atoms with Crippen molar-refractivity contribution in [2.75, 3.05) is 17.2 Å². The molecule has 35 heavy (non-hydrogen) atoms. The number of hydrogen-bond donors (Lipinski definition) is 3. The first-order valence-corrected chi connectivity index (χ1v) is 11.3. The molecular weight excluding hydrogens is 444 g/mol. The van der Waals surface area contributed by atoms with Gasteiger partial charge in [0.1, 0.15) is 12.1 Å². The lowest BCUT2D eigenvalue weighted by Crippen LogP contribution is -2.45. The van der Waals surface area contributed by atoms with Crippen molar-refractivity contribution < 1.29 is 19.2 Å². The van der Waals surface area contributed by atoms with E-state index >= 15 is 0 Å². The summed E-state index contributed by atoms with van der Waals surface area (Å²) >= 11 is 0. The summed E-state index contributed by atoms with van der Waals surface area (Å²) in [4.78, 5) is 52.0. The molecule has 0 aromatic heterocycles. The van der Waals surface area contributed by atoms with Crippen LogP contribution in [-0.2, 0) is 16.0 Å². The van der Waals surface area contributed by atoms with E-state index in [9.17, 15) is 19.2 Å². The van der Waals surface area contributed by atoms with Crippen molar-refractivity contribution in [3.8, 4) is 0 Å². The van der Waals surface area contributed by atoms with Gasteiger partial charge in [0.05, 0.1) is 11.3 Å². The highest BCUT2D eigenvalue weighted by atomic mass is 16.2. The molecule has 8 heteroatoms. The number of nitrogens with one attached hydrogen (secondary N) is 3. The van der Waals surface area contributed by atoms with Gasteiger partial charge in [0.15, 0.2) is 0 Å². The summed E-state index contributed by atoms with van der Waals surface area (Å²) in [6.07, 6.45) is 1.01. The largest absolute Gasteiger partial charge is 0.325 e. The Hall–Kier alpha value is -4.46. The first-order chi connectivity index (χ1) is 16.9. The number of benzene rings is 3. The van der Waals surface area contributed by atoms with E-state index in [-0.39, 0.29) is 11.3 Å². The van der Waals surface area contributed by atoms with Crippen LogP contribution < -0.4 is 16.0 Å². The minimum absolute atomic E-state index is 0.259. The van der Waals surface area contributed by atoms with E-state index in [2.05, 4.69) is 16.0 Å². The first-order valence-electron chi connectivity index (χ1n) is 11.3. The number of carbonyl (C=O) groups excluding carboxylic acids is 4. The zero-order chi connectivity index (χ0) is 24.8. The van der Waals surface area contributed by atoms with Crippen molar-refractivity contribution >= 4 is 35.1 Å². The van der Waals surface area contributed by atoms with Gasteiger partial charge in [-0.25, -0.2) is 4.79 Å². The number of carbonyl (C=O) groups is 4. The lowest BCUT2D eigenvalue weighted by atomic mass is 9.93. The second-order valence-electron chi connectivity index (χ2n) is 8.55. The number of para-hydroxylation sites is 2. The normalized spacial score (nSPS) is 17.1. The molecule has 0 aliphatic carbocycles. The minimum Gasteiger partial charge on any atom is -0.324 e. The third-order valence-corrected chi connectivity index (χ3v) is 5.88. The molecule has 0 spiro atoms. The monoisotopic (exact) mass is 470 g/mol. The van der Waals surface area contributed by atoms with Gasteiger partial charge >= 0.3 is 6.03 Å². The van der Waals surface area contributed by atoms with Crippen molar-refractivity contribution in [1.82, 2.24) is 10.2 Å². The lowest BCUT2D eigenvalue weighted by molar-refractivity contribution is -0.133. The van der Waals surface area contributed by atoms with Crippen LogP contribution in [0.1, 0.15) is 29.3 Å². The number of anilines is 2. The molecule has 1 aliphatic rings. The summed E-state index contributed by atoms with van der Waals surface area (Å²) in [5.74, 6) is -1.43. The van der Waals surface area contributed by atoms with E-state index in [1.807, 2.05) is 36.4 Å². The molecule has 5 amide bonds. The second-order valence-corrected chi connectivity index (χ2v) is 8.55. The Balaban J connectivity index is 1.40. The van der Waals surface area contributed by atoms with Crippen LogP contribution in [0, 0.1) is 0 Å². The number of imide groups is 1. The molecule has 1 atom stereocenters. The number of rotatable bonds is 8. The highest BCUT2D eigenvalue weighted by molar-refractivity contribution is 6.12. The van der Waals surface area contributed by atoms with Crippen molar-refractivity contribution in [2.45, 2.75) is 25.3 Å². The van der Waals surface area contributed by atoms with Crippen LogP contribution in [0.4, 0.5) is 16.2 Å². The Morgan fingerprint density at radius 2 is 1.49 bits per heavy atom. The first kappa shape index (κ1) is 23.7. The zero-order valence-corrected chi connectivity index (χ0v) is 19.3. The molecule has 3 aromatic carbocycles. The average molecular weight is 471 g/mol. The van der Waals surface area contributed by atoms with Gasteiger partial charge in [-0.15, -0.1) is 0 Å². The van der Waals surface area contributed by atoms with Gasteiger partial charge in [-0.3, -0.25) is 19.3 Å². The molecule has 8 nitrogen and oxygen atoms in total. The molecule has 3 aromatic rings. The van der Waals surface area contributed by atoms with Gasteiger partial charge in [-0.1, -0.05) is 60.7 Å². The van der Waals surface area contributed by atoms with E-state index < -0.39 is 35.8 Å². The number of aryl methyl sites for hydroxylation is 1. The summed E-state index contributed by atoms with van der Waals surface area (Å²) in [7, 11) is 0. The van der Waals surface area contributed by atoms with Crippen molar-refractivity contribution in [1.29, 1.82) is 0 Å². The maximum absolute atomic E-state index is 13.0. The van der Waals surface area contributed by atoms with Gasteiger partial charge in [0.25, 0.3) is 11.8 Å². The Morgan fingerprint density at radius 3 is 2.20 bits per heavy atom. The summed E-state index contributed by atoms with van der Waals surface area (Å²) in [6, 6.07) is 24.6. The van der Waals surface area contributed by atoms with Crippen molar-refractivity contribution in [2.24, 2.45) is 0 Å². The molecule has 178 valence electrons. The lowest BCUT2D eigenvalue weighted by Gasteiger charge is -2.21. The summed E-state index contributed by atoms with van der Waals surface area (Å²) in [5, 5.41) is 8.16. The highest BCUT2D eigenvalue weighted by Gasteiger charge is 2.47. The van der Waals surface area contributed by atoms with E-state index in [1.54, 1.807) is 55.5 Å². The molecular formula is C27H26N4O4. The molecule has 1 saturated heterocycles. The van der Waals surface area contributed by atoms with Gasteiger partial charge in [0.2, 0.25) is 5.91 Å². The summed E-state index contributed by atoms with van der Waals surface area (Å²) < 4.78 is 0. The van der Waals surface area contributed by atoms with Gasteiger partial charge < -0.3 is 16.0 Å². The number of urea groups is 1. The van der Waals surface area contributed by atoms with E-state index in [0.717, 1.165) is 10.5 Å². The van der Waals surface area contributed by atoms with Crippen molar-refractivity contribution in [3.63, 3.8) is 0 Å². The van der Waals surface area contributed by atoms with Crippen LogP contribution >= 0.6 is 0 Å². The van der Waals surface area contributed by atoms with E-state index in [1.165, 1.54) is 0 Å². The molecule has 4 rings (SSSR count). The van der Waals surface area contributed by atoms with E-state index in [0.29, 0.717) is 18.5 Å². The predicted molar refractivity (Wildman–Crippen MR) is 133 cm³/mol. The molecule has 0 saturated carbocycles. The van der Waals surface area contributed by atoms with Crippen LogP contribution in [0.2, 0.25) is 0 Å². The van der Waals surface area contributed by atoms with Crippen LogP contribution in [0.5, 0.6) is 0 Å². The Morgan fingerprint density at radius 1 is 0.857 bits per heavy atom. The van der Waals surface area contributed by atoms with Gasteiger partial charge in [-0.2, -0.15) is 0 Å². The number of nitrogens with zero attached hydrogens (tertiary/aromatic N) is 1. The standard InChI is InChI=1S/C27H26N4O4/c1-27(17-16-19-10-4-2-5-11-19)25(34)31(26(35)30-27)18-23(32)29-22-15-9-8-14-21(22)24(33)28-20-12-6-3-7-13-20/h2-15H,16-18H2,1H3,(H,28,33)(H,29,32)(H,30,35)/t27-/m0/s1. The van der Waals surface area contributed by atoms with Gasteiger partial charge in [0, 0.05) is 5.69 Å². The SMILES string of the molecule is C[C@@]1(CCc2ccccc2)NC(=O)N(CC(=O)Nc2ccccc2C(=O)Nc2ccccc2)C1=O. The van der Waals surface area contributed by atoms with Crippen LogP contribution in [0.25, 0.3) is 0 Å². The Kier molecular flexibility index (Phi) is 6.91. The summed E-state index contributed by atoms with van der Waals surface area (Å²) in [5.41, 5.74) is 1.12. The maximum Gasteiger partial charge on any atom is 0.325 e. The fourth-order valence-corrected chi connectivity index (χ4v) is 3.94. The topological polar surface area (TPSA) is 108 Å². The average Bonchev–Trinajstić information content (AvgIpc) is 3.07. The molecule has 0 unspecified atom stereocenters. The predicted octanol–water partition coefficient (Wildman–Crippen LogP) is 3.82. The quantitative estimate of drug-likeness (QED) is 0.435. The molecule has 1 aliphatic heterocycles. The van der Waals surface area contributed by atoms with Crippen LogP contribution in [-0.4, -0.2) is 40.7 Å². The fraction of sp³-hybridized carbons (Fsp3) is 0.185. The smallest absolute Gasteiger partial charge is 0.324 e. The fourth-order valence-electron chi connectivity index (χ4n) is 3.94. The molecule has 1 heterocycles. The van der Waals surface area contributed by atoms with E-state index in [4.69, 9.17) is 0 Å².